The van der Waals surface area contributed by atoms with Crippen LogP contribution in [0.25, 0.3) is 0 Å². The summed E-state index contributed by atoms with van der Waals surface area (Å²) in [5.74, 6) is 0. The highest BCUT2D eigenvalue weighted by Gasteiger charge is 2.24. The first-order valence-corrected chi connectivity index (χ1v) is 3.97. The van der Waals surface area contributed by atoms with Gasteiger partial charge in [0.1, 0.15) is 0 Å². The maximum Gasteiger partial charge on any atom is 0.0956 e. The van der Waals surface area contributed by atoms with E-state index in [9.17, 15) is 0 Å². The van der Waals surface area contributed by atoms with E-state index in [0.29, 0.717) is 5.41 Å². The van der Waals surface area contributed by atoms with Gasteiger partial charge in [-0.05, 0) is 18.3 Å². The Labute approximate surface area is 62.8 Å². The quantitative estimate of drug-likeness (QED) is 0.593. The van der Waals surface area contributed by atoms with Crippen LogP contribution in [-0.2, 0) is 0 Å². The summed E-state index contributed by atoms with van der Waals surface area (Å²) in [6.45, 7) is 6.94. The van der Waals surface area contributed by atoms with Crippen molar-refractivity contribution >= 4 is 0 Å². The Kier molecular flexibility index (Phi) is 2.32. The molecular weight excluding hydrogens is 126 g/mol. The number of rotatable bonds is 1. The molecule has 0 aromatic rings. The van der Waals surface area contributed by atoms with Crippen molar-refractivity contribution in [2.45, 2.75) is 26.7 Å². The van der Waals surface area contributed by atoms with Gasteiger partial charge in [0, 0.05) is 13.1 Å². The lowest BCUT2D eigenvalue weighted by atomic mass is 9.83. The number of piperidine rings is 1. The number of nitrogens with zero attached hydrogens (tertiary/aromatic N) is 1. The molecular formula is C8H17NO. The van der Waals surface area contributed by atoms with Gasteiger partial charge in [-0.2, -0.15) is 0 Å². The van der Waals surface area contributed by atoms with Crippen molar-refractivity contribution in [2.24, 2.45) is 5.41 Å². The van der Waals surface area contributed by atoms with E-state index < -0.39 is 0 Å². The summed E-state index contributed by atoms with van der Waals surface area (Å²) in [7, 11) is 0. The third-order valence-corrected chi connectivity index (χ3v) is 2.41. The zero-order valence-corrected chi connectivity index (χ0v) is 6.93. The van der Waals surface area contributed by atoms with Crippen molar-refractivity contribution in [2.75, 3.05) is 19.8 Å². The van der Waals surface area contributed by atoms with Crippen LogP contribution in [0.15, 0.2) is 0 Å². The van der Waals surface area contributed by atoms with Crippen LogP contribution in [0, 0.1) is 5.41 Å². The van der Waals surface area contributed by atoms with Gasteiger partial charge in [0.25, 0.3) is 0 Å². The first-order chi connectivity index (χ1) is 4.64. The number of likely N-dealkylation sites (tertiary alicyclic amines) is 1. The molecule has 1 aliphatic rings. The fraction of sp³-hybridized carbons (Fsp3) is 1.00. The largest absolute Gasteiger partial charge is 0.381 e. The molecule has 0 bridgehead atoms. The van der Waals surface area contributed by atoms with Crippen molar-refractivity contribution in [3.05, 3.63) is 0 Å². The van der Waals surface area contributed by atoms with E-state index in [2.05, 4.69) is 18.7 Å². The van der Waals surface area contributed by atoms with Crippen LogP contribution < -0.4 is 0 Å². The van der Waals surface area contributed by atoms with E-state index in [1.54, 1.807) is 0 Å². The van der Waals surface area contributed by atoms with E-state index in [1.165, 1.54) is 12.8 Å². The number of aliphatic hydroxyl groups excluding tert-OH is 1. The molecule has 1 heterocycles. The topological polar surface area (TPSA) is 23.5 Å². The molecule has 1 N–H and O–H groups in total. The highest BCUT2D eigenvalue weighted by Crippen LogP contribution is 2.29. The molecule has 10 heavy (non-hydrogen) atoms. The number of hydrogen-bond acceptors (Lipinski definition) is 2. The fourth-order valence-corrected chi connectivity index (χ4v) is 1.30. The highest BCUT2D eigenvalue weighted by molar-refractivity contribution is 4.76. The Balaban J connectivity index is 2.31. The molecule has 1 rings (SSSR count). The monoisotopic (exact) mass is 143 g/mol. The molecule has 0 aromatic heterocycles. The van der Waals surface area contributed by atoms with Gasteiger partial charge in [0.05, 0.1) is 6.73 Å². The Hall–Kier alpha value is -0.0800. The molecule has 0 aromatic carbocycles. The van der Waals surface area contributed by atoms with Gasteiger partial charge in [-0.15, -0.1) is 0 Å². The molecule has 0 radical (unpaired) electrons. The number of hydrogen-bond donors (Lipinski definition) is 1. The molecule has 0 saturated carbocycles. The maximum absolute atomic E-state index is 8.79. The normalized spacial score (nSPS) is 26.7. The SMILES string of the molecule is CC1(C)CCN(CO)CC1. The lowest BCUT2D eigenvalue weighted by Crippen LogP contribution is -2.37. The fourth-order valence-electron chi connectivity index (χ4n) is 1.30. The zero-order chi connectivity index (χ0) is 7.61. The van der Waals surface area contributed by atoms with Gasteiger partial charge in [-0.3, -0.25) is 4.90 Å². The molecule has 60 valence electrons. The smallest absolute Gasteiger partial charge is 0.0956 e. The van der Waals surface area contributed by atoms with Crippen molar-refractivity contribution in [1.29, 1.82) is 0 Å². The van der Waals surface area contributed by atoms with E-state index in [4.69, 9.17) is 5.11 Å². The summed E-state index contributed by atoms with van der Waals surface area (Å²) in [6.07, 6.45) is 2.43. The van der Waals surface area contributed by atoms with E-state index in [-0.39, 0.29) is 6.73 Å². The third kappa shape index (κ3) is 1.96. The Morgan fingerprint density at radius 3 is 2.20 bits per heavy atom. The molecule has 0 unspecified atom stereocenters. The van der Waals surface area contributed by atoms with Gasteiger partial charge in [0.15, 0.2) is 0 Å². The predicted octanol–water partition coefficient (Wildman–Crippen LogP) is 1.06. The van der Waals surface area contributed by atoms with Gasteiger partial charge in [-0.1, -0.05) is 13.8 Å². The van der Waals surface area contributed by atoms with Crippen molar-refractivity contribution in [1.82, 2.24) is 4.90 Å². The van der Waals surface area contributed by atoms with Crippen LogP contribution in [0.2, 0.25) is 0 Å². The molecule has 2 heteroatoms. The molecule has 0 spiro atoms. The lowest BCUT2D eigenvalue weighted by Gasteiger charge is -2.35. The second-order valence-electron chi connectivity index (χ2n) is 3.92. The summed E-state index contributed by atoms with van der Waals surface area (Å²) < 4.78 is 0. The summed E-state index contributed by atoms with van der Waals surface area (Å²) in [6, 6.07) is 0. The van der Waals surface area contributed by atoms with E-state index in [1.807, 2.05) is 0 Å². The first-order valence-electron chi connectivity index (χ1n) is 3.97. The van der Waals surface area contributed by atoms with Gasteiger partial charge < -0.3 is 5.11 Å². The average Bonchev–Trinajstić information content (AvgIpc) is 1.88. The predicted molar refractivity (Wildman–Crippen MR) is 41.7 cm³/mol. The Morgan fingerprint density at radius 2 is 1.80 bits per heavy atom. The molecule has 0 amide bonds. The minimum atomic E-state index is 0.232. The first kappa shape index (κ1) is 8.02. The average molecular weight is 143 g/mol. The minimum Gasteiger partial charge on any atom is -0.381 e. The van der Waals surface area contributed by atoms with Crippen LogP contribution >= 0.6 is 0 Å². The molecule has 0 atom stereocenters. The summed E-state index contributed by atoms with van der Waals surface area (Å²) in [5.41, 5.74) is 0.506. The van der Waals surface area contributed by atoms with Crippen LogP contribution in [0.3, 0.4) is 0 Å². The van der Waals surface area contributed by atoms with Crippen molar-refractivity contribution in [3.63, 3.8) is 0 Å². The van der Waals surface area contributed by atoms with Gasteiger partial charge in [-0.25, -0.2) is 0 Å². The van der Waals surface area contributed by atoms with Crippen LogP contribution in [-0.4, -0.2) is 29.8 Å². The van der Waals surface area contributed by atoms with Crippen LogP contribution in [0.5, 0.6) is 0 Å². The molecule has 1 saturated heterocycles. The second-order valence-corrected chi connectivity index (χ2v) is 3.92. The molecule has 1 fully saturated rings. The maximum atomic E-state index is 8.79. The molecule has 0 aliphatic carbocycles. The highest BCUT2D eigenvalue weighted by atomic mass is 16.3. The Bertz CT molecular complexity index is 102. The second kappa shape index (κ2) is 2.89. The van der Waals surface area contributed by atoms with Gasteiger partial charge in [0.2, 0.25) is 0 Å². The standard InChI is InChI=1S/C8H17NO/c1-8(2)3-5-9(7-10)6-4-8/h10H,3-7H2,1-2H3. The zero-order valence-electron chi connectivity index (χ0n) is 6.93. The summed E-state index contributed by atoms with van der Waals surface area (Å²) >= 11 is 0. The van der Waals surface area contributed by atoms with Crippen LogP contribution in [0.1, 0.15) is 26.7 Å². The van der Waals surface area contributed by atoms with E-state index >= 15 is 0 Å². The lowest BCUT2D eigenvalue weighted by molar-refractivity contribution is 0.0515. The van der Waals surface area contributed by atoms with Crippen molar-refractivity contribution in [3.8, 4) is 0 Å². The van der Waals surface area contributed by atoms with Crippen LogP contribution in [0.4, 0.5) is 0 Å². The summed E-state index contributed by atoms with van der Waals surface area (Å²) in [4.78, 5) is 2.09. The molecule has 1 aliphatic heterocycles. The van der Waals surface area contributed by atoms with Gasteiger partial charge >= 0.3 is 0 Å². The van der Waals surface area contributed by atoms with Crippen molar-refractivity contribution < 1.29 is 5.11 Å². The van der Waals surface area contributed by atoms with E-state index in [0.717, 1.165) is 13.1 Å². The minimum absolute atomic E-state index is 0.232. The summed E-state index contributed by atoms with van der Waals surface area (Å²) in [5, 5.41) is 8.79. The number of aliphatic hydroxyl groups is 1. The third-order valence-electron chi connectivity index (χ3n) is 2.41. The Morgan fingerprint density at radius 1 is 1.30 bits per heavy atom. The molecule has 2 nitrogen and oxygen atoms in total.